The number of thioether (sulfide) groups is 1. The fourth-order valence-corrected chi connectivity index (χ4v) is 4.24. The van der Waals surface area contributed by atoms with Gasteiger partial charge in [-0.1, -0.05) is 42.5 Å². The van der Waals surface area contributed by atoms with Gasteiger partial charge in [0.25, 0.3) is 17.1 Å². The normalized spacial score (nSPS) is 14.3. The molecule has 0 bridgehead atoms. The first-order valence-corrected chi connectivity index (χ1v) is 11.8. The average Bonchev–Trinajstić information content (AvgIpc) is 3.11. The molecule has 1 saturated heterocycles. The number of nitrogens with one attached hydrogen (secondary N) is 1. The Kier molecular flexibility index (Phi) is 7.84. The first-order chi connectivity index (χ1) is 17.0. The predicted octanol–water partition coefficient (Wildman–Crippen LogP) is 5.13. The smallest absolute Gasteiger partial charge is 0.293 e. The van der Waals surface area contributed by atoms with Crippen molar-refractivity contribution in [1.29, 1.82) is 0 Å². The van der Waals surface area contributed by atoms with E-state index in [2.05, 4.69) is 5.32 Å². The van der Waals surface area contributed by atoms with Gasteiger partial charge in [-0.15, -0.1) is 0 Å². The van der Waals surface area contributed by atoms with Gasteiger partial charge in [0.15, 0.2) is 6.61 Å². The van der Waals surface area contributed by atoms with Crippen molar-refractivity contribution in [2.75, 3.05) is 25.1 Å². The van der Waals surface area contributed by atoms with E-state index in [4.69, 9.17) is 9.47 Å². The number of imide groups is 1. The maximum atomic E-state index is 12.7. The molecule has 0 aromatic heterocycles. The number of amides is 3. The lowest BCUT2D eigenvalue weighted by atomic mass is 10.2. The second-order valence-corrected chi connectivity index (χ2v) is 8.77. The van der Waals surface area contributed by atoms with Gasteiger partial charge < -0.3 is 14.8 Å². The molecule has 0 atom stereocenters. The molecule has 4 rings (SSSR count). The van der Waals surface area contributed by atoms with Crippen molar-refractivity contribution in [3.63, 3.8) is 0 Å². The fraction of sp³-hybridized carbons (Fsp3) is 0.148. The van der Waals surface area contributed by atoms with Gasteiger partial charge in [-0.2, -0.15) is 0 Å². The van der Waals surface area contributed by atoms with Crippen LogP contribution in [0, 0.1) is 6.92 Å². The molecule has 1 fully saturated rings. The van der Waals surface area contributed by atoms with Crippen LogP contribution in [0.4, 0.5) is 10.5 Å². The first kappa shape index (κ1) is 24.1. The van der Waals surface area contributed by atoms with Crippen molar-refractivity contribution in [3.8, 4) is 11.5 Å². The van der Waals surface area contributed by atoms with Gasteiger partial charge in [0.2, 0.25) is 0 Å². The van der Waals surface area contributed by atoms with Crippen LogP contribution in [0.2, 0.25) is 0 Å². The minimum absolute atomic E-state index is 0.157. The lowest BCUT2D eigenvalue weighted by Gasteiger charge is -2.13. The van der Waals surface area contributed by atoms with Crippen LogP contribution in [0.25, 0.3) is 6.08 Å². The van der Waals surface area contributed by atoms with Crippen LogP contribution in [0.3, 0.4) is 0 Å². The number of rotatable bonds is 9. The Hall–Kier alpha value is -4.04. The molecule has 3 aromatic carbocycles. The number of carbonyl (C=O) groups excluding carboxylic acids is 3. The van der Waals surface area contributed by atoms with E-state index < -0.39 is 0 Å². The second-order valence-electron chi connectivity index (χ2n) is 7.77. The Morgan fingerprint density at radius 2 is 1.71 bits per heavy atom. The summed E-state index contributed by atoms with van der Waals surface area (Å²) < 4.78 is 11.2. The molecular weight excluding hydrogens is 464 g/mol. The summed E-state index contributed by atoms with van der Waals surface area (Å²) in [4.78, 5) is 38.8. The molecule has 1 heterocycles. The van der Waals surface area contributed by atoms with Crippen LogP contribution < -0.4 is 14.8 Å². The number of benzene rings is 3. The predicted molar refractivity (Wildman–Crippen MR) is 136 cm³/mol. The standard InChI is InChI=1S/C27H24N2O5S/c1-19-7-5-9-21(15-19)28-25(30)18-34-23-12-6-8-20(16-23)17-24-26(31)29(27(32)35-24)13-14-33-22-10-3-2-4-11-22/h2-12,15-17H,13-14,18H2,1H3,(H,28,30)/b24-17-. The van der Waals surface area contributed by atoms with Crippen molar-refractivity contribution >= 4 is 40.6 Å². The molecule has 1 N–H and O–H groups in total. The van der Waals surface area contributed by atoms with Crippen LogP contribution in [0.5, 0.6) is 11.5 Å². The van der Waals surface area contributed by atoms with Crippen molar-refractivity contribution < 1.29 is 23.9 Å². The number of aryl methyl sites for hydroxylation is 1. The maximum Gasteiger partial charge on any atom is 0.293 e. The summed E-state index contributed by atoms with van der Waals surface area (Å²) in [5, 5.41) is 2.46. The monoisotopic (exact) mass is 488 g/mol. The molecule has 0 spiro atoms. The summed E-state index contributed by atoms with van der Waals surface area (Å²) in [6.07, 6.45) is 1.64. The number of anilines is 1. The van der Waals surface area contributed by atoms with Gasteiger partial charge in [0, 0.05) is 5.69 Å². The Morgan fingerprint density at radius 3 is 2.51 bits per heavy atom. The highest BCUT2D eigenvalue weighted by Gasteiger charge is 2.34. The summed E-state index contributed by atoms with van der Waals surface area (Å²) in [5.74, 6) is 0.522. The zero-order chi connectivity index (χ0) is 24.6. The van der Waals surface area contributed by atoms with Gasteiger partial charge >= 0.3 is 0 Å². The van der Waals surface area contributed by atoms with Gasteiger partial charge in [0.1, 0.15) is 18.1 Å². The van der Waals surface area contributed by atoms with Crippen LogP contribution in [-0.2, 0) is 9.59 Å². The number of nitrogens with zero attached hydrogens (tertiary/aromatic N) is 1. The van der Waals surface area contributed by atoms with Gasteiger partial charge in [-0.3, -0.25) is 19.3 Å². The van der Waals surface area contributed by atoms with Crippen LogP contribution in [0.1, 0.15) is 11.1 Å². The number of para-hydroxylation sites is 1. The third-order valence-electron chi connectivity index (χ3n) is 5.03. The van der Waals surface area contributed by atoms with Crippen LogP contribution in [0.15, 0.2) is 83.8 Å². The molecule has 0 aliphatic carbocycles. The van der Waals surface area contributed by atoms with E-state index in [0.29, 0.717) is 27.7 Å². The van der Waals surface area contributed by atoms with Gasteiger partial charge in [-0.25, -0.2) is 0 Å². The quantitative estimate of drug-likeness (QED) is 0.421. The summed E-state index contributed by atoms with van der Waals surface area (Å²) in [7, 11) is 0. The molecular formula is C27H24N2O5S. The molecule has 178 valence electrons. The molecule has 3 amide bonds. The highest BCUT2D eigenvalue weighted by molar-refractivity contribution is 8.18. The van der Waals surface area contributed by atoms with E-state index in [1.54, 1.807) is 30.3 Å². The Labute approximate surface area is 207 Å². The molecule has 1 aliphatic rings. The number of ether oxygens (including phenoxy) is 2. The van der Waals surface area contributed by atoms with E-state index in [9.17, 15) is 14.4 Å². The Bertz CT molecular complexity index is 1260. The van der Waals surface area contributed by atoms with Crippen molar-refractivity contribution in [3.05, 3.63) is 94.9 Å². The number of hydrogen-bond acceptors (Lipinski definition) is 6. The van der Waals surface area contributed by atoms with Crippen molar-refractivity contribution in [2.45, 2.75) is 6.92 Å². The Morgan fingerprint density at radius 1 is 0.943 bits per heavy atom. The first-order valence-electron chi connectivity index (χ1n) is 11.0. The third kappa shape index (κ3) is 6.74. The number of hydrogen-bond donors (Lipinski definition) is 1. The third-order valence-corrected chi connectivity index (χ3v) is 5.94. The summed E-state index contributed by atoms with van der Waals surface area (Å²) >= 11 is 0.887. The SMILES string of the molecule is Cc1cccc(NC(=O)COc2cccc(/C=C3\SC(=O)N(CCOc4ccccc4)C3=O)c2)c1. The van der Waals surface area contributed by atoms with E-state index in [1.807, 2.05) is 61.5 Å². The van der Waals surface area contributed by atoms with Crippen molar-refractivity contribution in [1.82, 2.24) is 4.90 Å². The Balaban J connectivity index is 1.32. The van der Waals surface area contributed by atoms with E-state index >= 15 is 0 Å². The summed E-state index contributed by atoms with van der Waals surface area (Å²) in [6, 6.07) is 23.7. The molecule has 8 heteroatoms. The van der Waals surface area contributed by atoms with Crippen molar-refractivity contribution in [2.24, 2.45) is 0 Å². The molecule has 0 radical (unpaired) electrons. The molecule has 3 aromatic rings. The van der Waals surface area contributed by atoms with Gasteiger partial charge in [-0.05, 0) is 72.3 Å². The lowest BCUT2D eigenvalue weighted by Crippen LogP contribution is -2.32. The average molecular weight is 489 g/mol. The lowest BCUT2D eigenvalue weighted by molar-refractivity contribution is -0.123. The largest absolute Gasteiger partial charge is 0.492 e. The van der Waals surface area contributed by atoms with Gasteiger partial charge in [0.05, 0.1) is 11.4 Å². The molecule has 1 aliphatic heterocycles. The van der Waals surface area contributed by atoms with E-state index in [-0.39, 0.29) is 36.8 Å². The fourth-order valence-electron chi connectivity index (χ4n) is 3.38. The molecule has 0 saturated carbocycles. The maximum absolute atomic E-state index is 12.7. The molecule has 0 unspecified atom stereocenters. The van der Waals surface area contributed by atoms with E-state index in [1.165, 1.54) is 4.90 Å². The molecule has 7 nitrogen and oxygen atoms in total. The molecule has 35 heavy (non-hydrogen) atoms. The van der Waals surface area contributed by atoms with E-state index in [0.717, 1.165) is 17.3 Å². The van der Waals surface area contributed by atoms with Crippen LogP contribution >= 0.6 is 11.8 Å². The summed E-state index contributed by atoms with van der Waals surface area (Å²) in [5.41, 5.74) is 2.44. The van der Waals surface area contributed by atoms with Crippen LogP contribution in [-0.4, -0.2) is 41.7 Å². The minimum Gasteiger partial charge on any atom is -0.492 e. The zero-order valence-corrected chi connectivity index (χ0v) is 19.9. The highest BCUT2D eigenvalue weighted by Crippen LogP contribution is 2.32. The summed E-state index contributed by atoms with van der Waals surface area (Å²) in [6.45, 7) is 2.17. The zero-order valence-electron chi connectivity index (χ0n) is 19.1. The number of carbonyl (C=O) groups is 3. The highest BCUT2D eigenvalue weighted by atomic mass is 32.2. The topological polar surface area (TPSA) is 84.9 Å². The second kappa shape index (κ2) is 11.4. The minimum atomic E-state index is -0.361.